The van der Waals surface area contributed by atoms with Crippen LogP contribution in [0.5, 0.6) is 0 Å². The van der Waals surface area contributed by atoms with Crippen molar-refractivity contribution in [3.8, 4) is 11.3 Å². The van der Waals surface area contributed by atoms with Gasteiger partial charge in [0.2, 0.25) is 5.89 Å². The summed E-state index contributed by atoms with van der Waals surface area (Å²) in [5.74, 6) is -0.250. The van der Waals surface area contributed by atoms with Crippen molar-refractivity contribution < 1.29 is 17.2 Å². The standard InChI is InChI=1S/C16H12FNO3S/c17-13-6-8-14(9-7-13)22(19,20)11-16-18-10-15(21-16)12-4-2-1-3-5-12/h1-10H,11H2. The Labute approximate surface area is 127 Å². The predicted molar refractivity (Wildman–Crippen MR) is 79.2 cm³/mol. The third-order valence-electron chi connectivity index (χ3n) is 3.10. The van der Waals surface area contributed by atoms with Gasteiger partial charge in [-0.2, -0.15) is 0 Å². The summed E-state index contributed by atoms with van der Waals surface area (Å²) in [6, 6.07) is 13.9. The van der Waals surface area contributed by atoms with Crippen LogP contribution in [0.2, 0.25) is 0 Å². The lowest BCUT2D eigenvalue weighted by molar-refractivity contribution is 0.519. The molecule has 0 atom stereocenters. The highest BCUT2D eigenvalue weighted by Crippen LogP contribution is 2.22. The Morgan fingerprint density at radius 3 is 2.36 bits per heavy atom. The molecule has 0 aliphatic heterocycles. The normalized spacial score (nSPS) is 11.5. The fourth-order valence-corrected chi connectivity index (χ4v) is 3.18. The number of oxazole rings is 1. The summed E-state index contributed by atoms with van der Waals surface area (Å²) >= 11 is 0. The van der Waals surface area contributed by atoms with Crippen LogP contribution in [0.3, 0.4) is 0 Å². The molecule has 2 aromatic carbocycles. The summed E-state index contributed by atoms with van der Waals surface area (Å²) in [5, 5.41) is 0. The zero-order valence-electron chi connectivity index (χ0n) is 11.4. The molecule has 22 heavy (non-hydrogen) atoms. The van der Waals surface area contributed by atoms with Gasteiger partial charge in [-0.15, -0.1) is 0 Å². The Bertz CT molecular complexity index is 871. The Morgan fingerprint density at radius 2 is 1.68 bits per heavy atom. The summed E-state index contributed by atoms with van der Waals surface area (Å²) in [5.41, 5.74) is 0.820. The van der Waals surface area contributed by atoms with Crippen LogP contribution in [0.25, 0.3) is 11.3 Å². The zero-order chi connectivity index (χ0) is 15.6. The van der Waals surface area contributed by atoms with Crippen molar-refractivity contribution in [2.45, 2.75) is 10.6 Å². The van der Waals surface area contributed by atoms with E-state index in [2.05, 4.69) is 4.98 Å². The van der Waals surface area contributed by atoms with Crippen LogP contribution in [0.15, 0.2) is 70.1 Å². The molecule has 0 aliphatic rings. The van der Waals surface area contributed by atoms with Crippen LogP contribution in [-0.2, 0) is 15.6 Å². The molecule has 0 spiro atoms. The molecule has 112 valence electrons. The number of benzene rings is 2. The van der Waals surface area contributed by atoms with Gasteiger partial charge >= 0.3 is 0 Å². The van der Waals surface area contributed by atoms with Crippen molar-refractivity contribution in [2.24, 2.45) is 0 Å². The first-order valence-electron chi connectivity index (χ1n) is 6.53. The van der Waals surface area contributed by atoms with Gasteiger partial charge in [0.15, 0.2) is 15.6 Å². The van der Waals surface area contributed by atoms with E-state index < -0.39 is 15.7 Å². The van der Waals surface area contributed by atoms with Crippen LogP contribution in [-0.4, -0.2) is 13.4 Å². The average Bonchev–Trinajstić information content (AvgIpc) is 2.96. The molecule has 6 heteroatoms. The summed E-state index contributed by atoms with van der Waals surface area (Å²) in [4.78, 5) is 4.04. The molecule has 0 N–H and O–H groups in total. The molecular formula is C16H12FNO3S. The third kappa shape index (κ3) is 3.07. The van der Waals surface area contributed by atoms with Crippen LogP contribution in [0.1, 0.15) is 5.89 Å². The molecule has 0 saturated heterocycles. The molecular weight excluding hydrogens is 305 g/mol. The molecule has 0 aliphatic carbocycles. The van der Waals surface area contributed by atoms with Gasteiger partial charge in [-0.1, -0.05) is 30.3 Å². The van der Waals surface area contributed by atoms with E-state index in [1.165, 1.54) is 18.3 Å². The van der Waals surface area contributed by atoms with E-state index in [0.717, 1.165) is 17.7 Å². The number of halogens is 1. The van der Waals surface area contributed by atoms with Crippen molar-refractivity contribution in [3.05, 3.63) is 72.5 Å². The number of nitrogens with zero attached hydrogens (tertiary/aromatic N) is 1. The number of aromatic nitrogens is 1. The lowest BCUT2D eigenvalue weighted by Gasteiger charge is -2.01. The Hall–Kier alpha value is -2.47. The van der Waals surface area contributed by atoms with Gasteiger partial charge in [0, 0.05) is 5.56 Å². The van der Waals surface area contributed by atoms with Crippen LogP contribution >= 0.6 is 0 Å². The number of hydrogen-bond acceptors (Lipinski definition) is 4. The number of hydrogen-bond donors (Lipinski definition) is 0. The van der Waals surface area contributed by atoms with Gasteiger partial charge in [0.05, 0.1) is 11.1 Å². The lowest BCUT2D eigenvalue weighted by atomic mass is 10.2. The summed E-state index contributed by atoms with van der Waals surface area (Å²) in [6.07, 6.45) is 1.49. The second kappa shape index (κ2) is 5.73. The van der Waals surface area contributed by atoms with E-state index in [1.54, 1.807) is 0 Å². The van der Waals surface area contributed by atoms with Gasteiger partial charge in [0.1, 0.15) is 11.6 Å². The van der Waals surface area contributed by atoms with Crippen molar-refractivity contribution >= 4 is 9.84 Å². The Kier molecular flexibility index (Phi) is 3.77. The molecule has 0 radical (unpaired) electrons. The molecule has 1 heterocycles. The highest BCUT2D eigenvalue weighted by molar-refractivity contribution is 7.90. The topological polar surface area (TPSA) is 60.2 Å². The van der Waals surface area contributed by atoms with Gasteiger partial charge in [-0.25, -0.2) is 17.8 Å². The molecule has 4 nitrogen and oxygen atoms in total. The molecule has 0 fully saturated rings. The lowest BCUT2D eigenvalue weighted by Crippen LogP contribution is -2.05. The molecule has 1 aromatic heterocycles. The fourth-order valence-electron chi connectivity index (χ4n) is 2.00. The maximum Gasteiger partial charge on any atom is 0.210 e. The van der Waals surface area contributed by atoms with Gasteiger partial charge in [-0.05, 0) is 24.3 Å². The van der Waals surface area contributed by atoms with E-state index in [1.807, 2.05) is 30.3 Å². The van der Waals surface area contributed by atoms with Crippen molar-refractivity contribution in [2.75, 3.05) is 0 Å². The Balaban J connectivity index is 1.84. The van der Waals surface area contributed by atoms with Crippen LogP contribution in [0, 0.1) is 5.82 Å². The van der Waals surface area contributed by atoms with Gasteiger partial charge < -0.3 is 4.42 Å². The number of rotatable bonds is 4. The zero-order valence-corrected chi connectivity index (χ0v) is 12.3. The highest BCUT2D eigenvalue weighted by atomic mass is 32.2. The van der Waals surface area contributed by atoms with Crippen molar-refractivity contribution in [1.29, 1.82) is 0 Å². The van der Waals surface area contributed by atoms with Crippen molar-refractivity contribution in [3.63, 3.8) is 0 Å². The van der Waals surface area contributed by atoms with Crippen molar-refractivity contribution in [1.82, 2.24) is 4.98 Å². The first-order valence-corrected chi connectivity index (χ1v) is 8.18. The van der Waals surface area contributed by atoms with E-state index >= 15 is 0 Å². The average molecular weight is 317 g/mol. The predicted octanol–water partition coefficient (Wildman–Crippen LogP) is 3.45. The minimum Gasteiger partial charge on any atom is -0.440 e. The van der Waals surface area contributed by atoms with E-state index in [-0.39, 0.29) is 16.5 Å². The first kappa shape index (κ1) is 14.5. The van der Waals surface area contributed by atoms with E-state index in [0.29, 0.717) is 5.76 Å². The first-order chi connectivity index (χ1) is 10.5. The third-order valence-corrected chi connectivity index (χ3v) is 4.72. The molecule has 0 unspecified atom stereocenters. The van der Waals surface area contributed by atoms with Gasteiger partial charge in [-0.3, -0.25) is 0 Å². The van der Waals surface area contributed by atoms with Gasteiger partial charge in [0.25, 0.3) is 0 Å². The number of sulfone groups is 1. The van der Waals surface area contributed by atoms with Crippen LogP contribution in [0.4, 0.5) is 4.39 Å². The molecule has 3 rings (SSSR count). The maximum atomic E-state index is 12.9. The highest BCUT2D eigenvalue weighted by Gasteiger charge is 2.19. The van der Waals surface area contributed by atoms with E-state index in [9.17, 15) is 12.8 Å². The second-order valence-electron chi connectivity index (χ2n) is 4.70. The monoisotopic (exact) mass is 317 g/mol. The Morgan fingerprint density at radius 1 is 1.00 bits per heavy atom. The SMILES string of the molecule is O=S(=O)(Cc1ncc(-c2ccccc2)o1)c1ccc(F)cc1. The molecule has 0 saturated carbocycles. The van der Waals surface area contributed by atoms with E-state index in [4.69, 9.17) is 4.42 Å². The molecule has 0 bridgehead atoms. The molecule has 0 amide bonds. The quantitative estimate of drug-likeness (QED) is 0.691. The fraction of sp³-hybridized carbons (Fsp3) is 0.0625. The molecule has 3 aromatic rings. The maximum absolute atomic E-state index is 12.9. The minimum atomic E-state index is -3.62. The van der Waals surface area contributed by atoms with Crippen LogP contribution < -0.4 is 0 Å². The summed E-state index contributed by atoms with van der Waals surface area (Å²) in [7, 11) is -3.62. The largest absolute Gasteiger partial charge is 0.440 e. The summed E-state index contributed by atoms with van der Waals surface area (Å²) < 4.78 is 42.8. The minimum absolute atomic E-state index is 0.0355. The smallest absolute Gasteiger partial charge is 0.210 e. The summed E-state index contributed by atoms with van der Waals surface area (Å²) in [6.45, 7) is 0. The second-order valence-corrected chi connectivity index (χ2v) is 6.69.